The van der Waals surface area contributed by atoms with Crippen LogP contribution in [-0.2, 0) is 4.79 Å². The average Bonchev–Trinajstić information content (AvgIpc) is 2.50. The van der Waals surface area contributed by atoms with Gasteiger partial charge in [0.15, 0.2) is 0 Å². The molecule has 112 valence electrons. The molecule has 2 rings (SSSR count). The number of rotatable bonds is 4. The van der Waals surface area contributed by atoms with Crippen molar-refractivity contribution in [2.75, 3.05) is 0 Å². The summed E-state index contributed by atoms with van der Waals surface area (Å²) in [6.07, 6.45) is 0. The van der Waals surface area contributed by atoms with Crippen LogP contribution in [0.2, 0.25) is 5.15 Å². The molecule has 1 aromatic heterocycles. The van der Waals surface area contributed by atoms with Gasteiger partial charge in [-0.2, -0.15) is 5.26 Å². The number of amides is 1. The number of hydrogen-bond acceptors (Lipinski definition) is 4. The zero-order valence-corrected chi connectivity index (χ0v) is 16.8. The molecule has 1 unspecified atom stereocenters. The van der Waals surface area contributed by atoms with E-state index in [4.69, 9.17) is 22.6 Å². The molecular formula is C14H8ClI2N3OS. The fourth-order valence-corrected chi connectivity index (χ4v) is 4.69. The van der Waals surface area contributed by atoms with Crippen LogP contribution in [0.5, 0.6) is 0 Å². The SMILES string of the molecule is N#Cc1c(Cl)nc(SC(C(N)=O)c2ccccc2)c(I)c1I. The predicted molar refractivity (Wildman–Crippen MR) is 104 cm³/mol. The second-order valence-electron chi connectivity index (χ2n) is 4.13. The van der Waals surface area contributed by atoms with Crippen LogP contribution in [-0.4, -0.2) is 10.9 Å². The van der Waals surface area contributed by atoms with Gasteiger partial charge in [0, 0.05) is 0 Å². The van der Waals surface area contributed by atoms with E-state index in [1.165, 1.54) is 11.8 Å². The average molecular weight is 556 g/mol. The van der Waals surface area contributed by atoms with Crippen LogP contribution in [0.1, 0.15) is 16.4 Å². The number of benzene rings is 1. The number of carbonyl (C=O) groups excluding carboxylic acids is 1. The molecule has 1 aromatic carbocycles. The molecule has 0 aliphatic heterocycles. The maximum absolute atomic E-state index is 11.8. The van der Waals surface area contributed by atoms with Gasteiger partial charge in [0.1, 0.15) is 27.1 Å². The summed E-state index contributed by atoms with van der Waals surface area (Å²) in [5.41, 5.74) is 6.66. The number of nitrogens with zero attached hydrogens (tertiary/aromatic N) is 2. The molecule has 1 heterocycles. The Morgan fingerprint density at radius 2 is 1.95 bits per heavy atom. The fraction of sp³-hybridized carbons (Fsp3) is 0.0714. The van der Waals surface area contributed by atoms with Gasteiger partial charge in [-0.15, -0.1) is 0 Å². The van der Waals surface area contributed by atoms with Gasteiger partial charge < -0.3 is 5.73 Å². The maximum atomic E-state index is 11.8. The van der Waals surface area contributed by atoms with Crippen LogP contribution in [0.15, 0.2) is 35.4 Å². The third-order valence-electron chi connectivity index (χ3n) is 2.71. The van der Waals surface area contributed by atoms with Crippen molar-refractivity contribution in [3.8, 4) is 6.07 Å². The fourth-order valence-electron chi connectivity index (χ4n) is 1.69. The third-order valence-corrected chi connectivity index (χ3v) is 7.77. The molecule has 0 saturated carbocycles. The van der Waals surface area contributed by atoms with E-state index in [9.17, 15) is 4.79 Å². The summed E-state index contributed by atoms with van der Waals surface area (Å²) in [4.78, 5) is 16.0. The Kier molecular flexibility index (Phi) is 6.31. The summed E-state index contributed by atoms with van der Waals surface area (Å²) in [6, 6.07) is 11.3. The van der Waals surface area contributed by atoms with Crippen LogP contribution in [0.3, 0.4) is 0 Å². The predicted octanol–water partition coefficient (Wildman–Crippen LogP) is 4.13. The lowest BCUT2D eigenvalue weighted by molar-refractivity contribution is -0.117. The molecule has 0 aliphatic carbocycles. The summed E-state index contributed by atoms with van der Waals surface area (Å²) < 4.78 is 1.51. The molecule has 4 nitrogen and oxygen atoms in total. The second-order valence-corrected chi connectivity index (χ2v) is 7.74. The number of aromatic nitrogens is 1. The Labute approximate surface area is 164 Å². The van der Waals surface area contributed by atoms with Gasteiger partial charge in [0.25, 0.3) is 0 Å². The molecule has 1 atom stereocenters. The van der Waals surface area contributed by atoms with E-state index in [2.05, 4.69) is 50.2 Å². The van der Waals surface area contributed by atoms with Crippen molar-refractivity contribution in [2.45, 2.75) is 10.3 Å². The first-order valence-electron chi connectivity index (χ1n) is 5.91. The van der Waals surface area contributed by atoms with Gasteiger partial charge in [-0.3, -0.25) is 4.79 Å². The number of hydrogen-bond donors (Lipinski definition) is 1. The van der Waals surface area contributed by atoms with E-state index < -0.39 is 11.2 Å². The van der Waals surface area contributed by atoms with Crippen molar-refractivity contribution in [1.82, 2.24) is 4.98 Å². The molecule has 1 amide bonds. The zero-order valence-electron chi connectivity index (χ0n) is 10.9. The lowest BCUT2D eigenvalue weighted by atomic mass is 10.1. The highest BCUT2D eigenvalue weighted by molar-refractivity contribution is 14.1. The molecule has 0 aliphatic rings. The first kappa shape index (κ1) is 17.8. The van der Waals surface area contributed by atoms with Crippen molar-refractivity contribution >= 4 is 74.5 Å². The Morgan fingerprint density at radius 1 is 1.32 bits per heavy atom. The lowest BCUT2D eigenvalue weighted by Gasteiger charge is -2.15. The summed E-state index contributed by atoms with van der Waals surface area (Å²) in [7, 11) is 0. The van der Waals surface area contributed by atoms with Crippen LogP contribution in [0, 0.1) is 18.5 Å². The Bertz CT molecular complexity index is 765. The molecule has 0 radical (unpaired) electrons. The topological polar surface area (TPSA) is 79.8 Å². The summed E-state index contributed by atoms with van der Waals surface area (Å²) in [5, 5.41) is 9.25. The Balaban J connectivity index is 2.45. The van der Waals surface area contributed by atoms with E-state index in [-0.39, 0.29) is 5.15 Å². The zero-order chi connectivity index (χ0) is 16.3. The van der Waals surface area contributed by atoms with Crippen molar-refractivity contribution in [1.29, 1.82) is 5.26 Å². The monoisotopic (exact) mass is 555 g/mol. The molecular weight excluding hydrogens is 548 g/mol. The number of nitrogens with two attached hydrogens (primary N) is 1. The van der Waals surface area contributed by atoms with Gasteiger partial charge in [-0.05, 0) is 50.7 Å². The molecule has 0 bridgehead atoms. The van der Waals surface area contributed by atoms with Crippen molar-refractivity contribution < 1.29 is 4.79 Å². The first-order chi connectivity index (χ1) is 10.5. The minimum absolute atomic E-state index is 0.131. The number of halogens is 3. The second kappa shape index (κ2) is 7.81. The third kappa shape index (κ3) is 3.84. The lowest BCUT2D eigenvalue weighted by Crippen LogP contribution is -2.19. The molecule has 2 N–H and O–H groups in total. The smallest absolute Gasteiger partial charge is 0.235 e. The van der Waals surface area contributed by atoms with E-state index in [1.54, 1.807) is 0 Å². The van der Waals surface area contributed by atoms with E-state index in [0.717, 1.165) is 12.7 Å². The molecule has 0 saturated heterocycles. The molecule has 22 heavy (non-hydrogen) atoms. The van der Waals surface area contributed by atoms with Gasteiger partial charge >= 0.3 is 0 Å². The minimum Gasteiger partial charge on any atom is -0.368 e. The van der Waals surface area contributed by atoms with Crippen LogP contribution in [0.4, 0.5) is 0 Å². The van der Waals surface area contributed by atoms with Crippen molar-refractivity contribution in [3.05, 3.63) is 53.8 Å². The van der Waals surface area contributed by atoms with Gasteiger partial charge in [0.2, 0.25) is 5.91 Å². The van der Waals surface area contributed by atoms with Crippen LogP contribution >= 0.6 is 68.5 Å². The number of thioether (sulfide) groups is 1. The van der Waals surface area contributed by atoms with Gasteiger partial charge in [0.05, 0.1) is 7.14 Å². The van der Waals surface area contributed by atoms with Gasteiger partial charge in [-0.25, -0.2) is 4.98 Å². The summed E-state index contributed by atoms with van der Waals surface area (Å²) in [6.45, 7) is 0. The van der Waals surface area contributed by atoms with E-state index in [1.807, 2.05) is 36.4 Å². The highest BCUT2D eigenvalue weighted by Gasteiger charge is 2.24. The largest absolute Gasteiger partial charge is 0.368 e. The van der Waals surface area contributed by atoms with E-state index in [0.29, 0.717) is 10.6 Å². The molecule has 0 fully saturated rings. The molecule has 2 aromatic rings. The minimum atomic E-state index is -0.568. The van der Waals surface area contributed by atoms with Crippen molar-refractivity contribution in [2.24, 2.45) is 5.73 Å². The number of carbonyl (C=O) groups is 1. The molecule has 0 spiro atoms. The quantitative estimate of drug-likeness (QED) is 0.350. The molecule has 8 heteroatoms. The van der Waals surface area contributed by atoms with Crippen molar-refractivity contribution in [3.63, 3.8) is 0 Å². The van der Waals surface area contributed by atoms with Gasteiger partial charge in [-0.1, -0.05) is 53.7 Å². The normalized spacial score (nSPS) is 11.7. The highest BCUT2D eigenvalue weighted by atomic mass is 127. The maximum Gasteiger partial charge on any atom is 0.235 e. The Hall–Kier alpha value is -0.570. The summed E-state index contributed by atoms with van der Waals surface area (Å²) >= 11 is 11.4. The number of nitriles is 1. The number of primary amides is 1. The first-order valence-corrected chi connectivity index (χ1v) is 9.32. The van der Waals surface area contributed by atoms with Crippen LogP contribution < -0.4 is 5.73 Å². The highest BCUT2D eigenvalue weighted by Crippen LogP contribution is 2.39. The van der Waals surface area contributed by atoms with Crippen LogP contribution in [0.25, 0.3) is 0 Å². The van der Waals surface area contributed by atoms with E-state index >= 15 is 0 Å². The standard InChI is InChI=1S/C14H8ClI2N3OS/c15-12-8(6-18)9(16)10(17)14(20-12)22-11(13(19)21)7-4-2-1-3-5-7/h1-5,11H,(H2,19,21). The summed E-state index contributed by atoms with van der Waals surface area (Å²) in [5.74, 6) is -0.454. The Morgan fingerprint density at radius 3 is 2.50 bits per heavy atom. The number of pyridine rings is 1.